The second-order valence-corrected chi connectivity index (χ2v) is 5.79. The van der Waals surface area contributed by atoms with Crippen LogP contribution in [0.3, 0.4) is 0 Å². The fourth-order valence-corrected chi connectivity index (χ4v) is 2.75. The number of anilines is 1. The van der Waals surface area contributed by atoms with Gasteiger partial charge in [0.05, 0.1) is 32.1 Å². The molecule has 7 heteroatoms. The molecule has 2 aromatic rings. The van der Waals surface area contributed by atoms with E-state index in [0.717, 1.165) is 0 Å². The second kappa shape index (κ2) is 8.39. The molecule has 144 valence electrons. The van der Waals surface area contributed by atoms with Gasteiger partial charge < -0.3 is 14.2 Å². The molecule has 3 rings (SSSR count). The van der Waals surface area contributed by atoms with Gasteiger partial charge in [-0.15, -0.1) is 0 Å². The Bertz CT molecular complexity index is 951. The van der Waals surface area contributed by atoms with E-state index in [0.29, 0.717) is 22.7 Å². The zero-order chi connectivity index (χ0) is 20.1. The zero-order valence-corrected chi connectivity index (χ0v) is 15.8. The summed E-state index contributed by atoms with van der Waals surface area (Å²) in [5, 5.41) is 5.41. The Morgan fingerprint density at radius 2 is 1.79 bits per heavy atom. The minimum atomic E-state index is -0.652. The number of esters is 1. The lowest BCUT2D eigenvalue weighted by atomic mass is 10.1. The number of carbonyl (C=O) groups excluding carboxylic acids is 2. The number of para-hydroxylation sites is 1. The first-order valence-corrected chi connectivity index (χ1v) is 8.68. The fourth-order valence-electron chi connectivity index (χ4n) is 2.75. The molecule has 2 aromatic carbocycles. The maximum Gasteiger partial charge on any atom is 0.359 e. The lowest BCUT2D eigenvalue weighted by Gasteiger charge is -2.11. The van der Waals surface area contributed by atoms with Crippen LogP contribution in [0.2, 0.25) is 0 Å². The highest BCUT2D eigenvalue weighted by molar-refractivity contribution is 6.54. The number of methoxy groups -OCH3 is 2. The number of hydrazone groups is 1. The smallest absolute Gasteiger partial charge is 0.359 e. The Hall–Kier alpha value is -3.61. The highest BCUT2D eigenvalue weighted by Crippen LogP contribution is 2.30. The summed E-state index contributed by atoms with van der Waals surface area (Å²) in [6.07, 6.45) is 1.59. The standard InChI is InChI=1S/C21H20N2O5/c1-4-28-21(25)19-16(12-14-10-11-17(26-2)18(13-14)27-3)20(24)23(22-19)15-8-6-5-7-9-15/h5-13H,4H2,1-3H3/b16-12-. The van der Waals surface area contributed by atoms with Gasteiger partial charge in [0, 0.05) is 0 Å². The summed E-state index contributed by atoms with van der Waals surface area (Å²) < 4.78 is 15.6. The summed E-state index contributed by atoms with van der Waals surface area (Å²) >= 11 is 0. The molecule has 1 heterocycles. The van der Waals surface area contributed by atoms with E-state index >= 15 is 0 Å². The summed E-state index contributed by atoms with van der Waals surface area (Å²) in [5.41, 5.74) is 1.33. The van der Waals surface area contributed by atoms with Crippen molar-refractivity contribution in [1.82, 2.24) is 0 Å². The molecule has 0 unspecified atom stereocenters. The molecule has 1 aliphatic rings. The summed E-state index contributed by atoms with van der Waals surface area (Å²) in [4.78, 5) is 25.4. The molecule has 7 nitrogen and oxygen atoms in total. The number of hydrogen-bond donors (Lipinski definition) is 0. The maximum atomic E-state index is 13.0. The van der Waals surface area contributed by atoms with Crippen molar-refractivity contribution in [3.8, 4) is 11.5 Å². The van der Waals surface area contributed by atoms with Crippen LogP contribution < -0.4 is 14.5 Å². The molecule has 0 aromatic heterocycles. The minimum absolute atomic E-state index is 0.0366. The molecular weight excluding hydrogens is 360 g/mol. The van der Waals surface area contributed by atoms with E-state index in [4.69, 9.17) is 14.2 Å². The molecule has 0 bridgehead atoms. The number of ether oxygens (including phenoxy) is 3. The van der Waals surface area contributed by atoms with Gasteiger partial charge in [0.25, 0.3) is 5.91 Å². The topological polar surface area (TPSA) is 77.4 Å². The molecule has 0 atom stereocenters. The Kier molecular flexibility index (Phi) is 5.74. The molecule has 0 N–H and O–H groups in total. The first-order chi connectivity index (χ1) is 13.6. The Morgan fingerprint density at radius 3 is 2.43 bits per heavy atom. The van der Waals surface area contributed by atoms with Crippen molar-refractivity contribution in [3.05, 3.63) is 59.7 Å². The molecule has 0 saturated carbocycles. The number of hydrogen-bond acceptors (Lipinski definition) is 6. The summed E-state index contributed by atoms with van der Waals surface area (Å²) in [7, 11) is 3.07. The summed E-state index contributed by atoms with van der Waals surface area (Å²) in [6.45, 7) is 1.88. The largest absolute Gasteiger partial charge is 0.493 e. The van der Waals surface area contributed by atoms with Crippen molar-refractivity contribution < 1.29 is 23.8 Å². The zero-order valence-electron chi connectivity index (χ0n) is 15.8. The molecule has 0 spiro atoms. The van der Waals surface area contributed by atoms with Crippen LogP contribution in [0.1, 0.15) is 12.5 Å². The van der Waals surface area contributed by atoms with E-state index in [1.54, 1.807) is 62.6 Å². The van der Waals surface area contributed by atoms with Crippen LogP contribution in [0.4, 0.5) is 5.69 Å². The van der Waals surface area contributed by atoms with E-state index in [1.807, 2.05) is 6.07 Å². The van der Waals surface area contributed by atoms with Crippen molar-refractivity contribution in [2.75, 3.05) is 25.8 Å². The normalized spacial score (nSPS) is 14.8. The van der Waals surface area contributed by atoms with Crippen LogP contribution in [0.5, 0.6) is 11.5 Å². The van der Waals surface area contributed by atoms with Gasteiger partial charge in [0.1, 0.15) is 0 Å². The second-order valence-electron chi connectivity index (χ2n) is 5.79. The van der Waals surface area contributed by atoms with E-state index in [-0.39, 0.29) is 17.9 Å². The lowest BCUT2D eigenvalue weighted by molar-refractivity contribution is -0.135. The quantitative estimate of drug-likeness (QED) is 0.569. The van der Waals surface area contributed by atoms with Gasteiger partial charge in [-0.2, -0.15) is 10.1 Å². The van der Waals surface area contributed by atoms with Crippen LogP contribution in [0, 0.1) is 0 Å². The summed E-state index contributed by atoms with van der Waals surface area (Å²) in [5.74, 6) is 0.00877. The van der Waals surface area contributed by atoms with E-state index < -0.39 is 11.9 Å². The van der Waals surface area contributed by atoms with Gasteiger partial charge in [-0.05, 0) is 42.8 Å². The van der Waals surface area contributed by atoms with Gasteiger partial charge in [0.15, 0.2) is 17.2 Å². The number of nitrogens with zero attached hydrogens (tertiary/aromatic N) is 2. The molecule has 28 heavy (non-hydrogen) atoms. The third kappa shape index (κ3) is 3.73. The first-order valence-electron chi connectivity index (χ1n) is 8.68. The van der Waals surface area contributed by atoms with Gasteiger partial charge in [-0.1, -0.05) is 24.3 Å². The van der Waals surface area contributed by atoms with Crippen molar-refractivity contribution in [3.63, 3.8) is 0 Å². The fraction of sp³-hybridized carbons (Fsp3) is 0.190. The molecule has 0 saturated heterocycles. The molecular formula is C21H20N2O5. The molecule has 1 amide bonds. The maximum absolute atomic E-state index is 13.0. The van der Waals surface area contributed by atoms with Crippen molar-refractivity contribution >= 4 is 29.4 Å². The van der Waals surface area contributed by atoms with Crippen LogP contribution in [0.15, 0.2) is 59.2 Å². The van der Waals surface area contributed by atoms with Gasteiger partial charge >= 0.3 is 5.97 Å². The highest BCUT2D eigenvalue weighted by Gasteiger charge is 2.36. The molecule has 1 aliphatic heterocycles. The Labute approximate surface area is 162 Å². The third-order valence-corrected chi connectivity index (χ3v) is 4.07. The van der Waals surface area contributed by atoms with E-state index in [9.17, 15) is 9.59 Å². The van der Waals surface area contributed by atoms with E-state index in [1.165, 1.54) is 12.1 Å². The van der Waals surface area contributed by atoms with Gasteiger partial charge in [-0.25, -0.2) is 4.79 Å². The molecule has 0 aliphatic carbocycles. The average molecular weight is 380 g/mol. The SMILES string of the molecule is CCOC(=O)C1=NN(c2ccccc2)C(=O)/C1=C\c1ccc(OC)c(OC)c1. The third-order valence-electron chi connectivity index (χ3n) is 4.07. The lowest BCUT2D eigenvalue weighted by Crippen LogP contribution is -2.22. The van der Waals surface area contributed by atoms with Crippen LogP contribution in [-0.4, -0.2) is 38.4 Å². The number of rotatable bonds is 6. The first kappa shape index (κ1) is 19.2. The van der Waals surface area contributed by atoms with Gasteiger partial charge in [-0.3, -0.25) is 4.79 Å². The number of amides is 1. The average Bonchev–Trinajstić information content (AvgIpc) is 3.05. The molecule has 0 fully saturated rings. The van der Waals surface area contributed by atoms with Gasteiger partial charge in [0.2, 0.25) is 0 Å². The molecule has 0 radical (unpaired) electrons. The predicted octanol–water partition coefficient (Wildman–Crippen LogP) is 3.05. The predicted molar refractivity (Wildman–Crippen MR) is 106 cm³/mol. The van der Waals surface area contributed by atoms with Crippen molar-refractivity contribution in [1.29, 1.82) is 0 Å². The van der Waals surface area contributed by atoms with E-state index in [2.05, 4.69) is 5.10 Å². The van der Waals surface area contributed by atoms with Crippen LogP contribution in [-0.2, 0) is 14.3 Å². The Balaban J connectivity index is 2.04. The van der Waals surface area contributed by atoms with Crippen molar-refractivity contribution in [2.45, 2.75) is 6.92 Å². The number of benzene rings is 2. The number of carbonyl (C=O) groups is 2. The van der Waals surface area contributed by atoms with Crippen molar-refractivity contribution in [2.24, 2.45) is 5.10 Å². The monoisotopic (exact) mass is 380 g/mol. The summed E-state index contributed by atoms with van der Waals surface area (Å²) in [6, 6.07) is 14.1. The Morgan fingerprint density at radius 1 is 1.07 bits per heavy atom. The van der Waals surface area contributed by atoms with Crippen LogP contribution >= 0.6 is 0 Å². The van der Waals surface area contributed by atoms with Crippen LogP contribution in [0.25, 0.3) is 6.08 Å². The highest BCUT2D eigenvalue weighted by atomic mass is 16.5. The minimum Gasteiger partial charge on any atom is -0.493 e.